The van der Waals surface area contributed by atoms with Crippen molar-refractivity contribution in [3.05, 3.63) is 78.1 Å². The molecule has 1 aliphatic heterocycles. The van der Waals surface area contributed by atoms with Gasteiger partial charge in [0.05, 0.1) is 13.6 Å². The summed E-state index contributed by atoms with van der Waals surface area (Å²) in [4.78, 5) is 36.8. The molecule has 0 saturated carbocycles. The van der Waals surface area contributed by atoms with Crippen LogP contribution < -0.4 is 5.73 Å². The third-order valence-corrected chi connectivity index (χ3v) is 7.44. The van der Waals surface area contributed by atoms with Gasteiger partial charge in [0.2, 0.25) is 6.04 Å². The van der Waals surface area contributed by atoms with Crippen molar-refractivity contribution in [3.63, 3.8) is 0 Å². The summed E-state index contributed by atoms with van der Waals surface area (Å²) in [6.45, 7) is 0.944. The number of carbonyl (C=O) groups is 2. The Balaban J connectivity index is 1.68. The van der Waals surface area contributed by atoms with E-state index in [4.69, 9.17) is 10.5 Å². The van der Waals surface area contributed by atoms with Gasteiger partial charge in [0, 0.05) is 12.8 Å². The minimum atomic E-state index is -1.61. The van der Waals surface area contributed by atoms with E-state index in [0.29, 0.717) is 30.6 Å². The minimum absolute atomic E-state index is 0.102. The Kier molecular flexibility index (Phi) is 5.38. The number of benzene rings is 2. The number of ether oxygens (including phenoxy) is 1. The van der Waals surface area contributed by atoms with Crippen LogP contribution >= 0.6 is 0 Å². The van der Waals surface area contributed by atoms with Gasteiger partial charge in [0.25, 0.3) is 12.4 Å². The summed E-state index contributed by atoms with van der Waals surface area (Å²) in [6.07, 6.45) is 3.02. The van der Waals surface area contributed by atoms with Crippen molar-refractivity contribution in [2.75, 3.05) is 13.6 Å². The Labute approximate surface area is 196 Å². The predicted molar refractivity (Wildman–Crippen MR) is 122 cm³/mol. The fourth-order valence-electron chi connectivity index (χ4n) is 6.03. The summed E-state index contributed by atoms with van der Waals surface area (Å²) < 4.78 is 5.84. The molecule has 1 amide bonds. The molecule has 1 fully saturated rings. The van der Waals surface area contributed by atoms with E-state index in [1.165, 1.54) is 12.7 Å². The van der Waals surface area contributed by atoms with Gasteiger partial charge in [0.15, 0.2) is 17.5 Å². The number of carbonyl (C=O) groups excluding carboxylic acids is 2. The molecule has 1 saturated heterocycles. The van der Waals surface area contributed by atoms with Gasteiger partial charge >= 0.3 is 0 Å². The van der Waals surface area contributed by atoms with E-state index in [1.54, 1.807) is 0 Å². The van der Waals surface area contributed by atoms with Crippen LogP contribution in [0.5, 0.6) is 0 Å². The first-order valence-corrected chi connectivity index (χ1v) is 11.2. The first-order chi connectivity index (χ1) is 16.4. The lowest BCUT2D eigenvalue weighted by Gasteiger charge is -2.46. The number of likely N-dealkylation sites (tertiary alicyclic amines) is 1. The van der Waals surface area contributed by atoms with E-state index in [9.17, 15) is 14.7 Å². The highest BCUT2D eigenvalue weighted by Crippen LogP contribution is 2.53. The van der Waals surface area contributed by atoms with Crippen molar-refractivity contribution < 1.29 is 23.9 Å². The minimum Gasteiger partial charge on any atom is -0.454 e. The monoisotopic (exact) mass is 460 g/mol. The number of hydrogen-bond donors (Lipinski definition) is 2. The predicted octanol–water partition coefficient (Wildman–Crippen LogP) is 1.47. The van der Waals surface area contributed by atoms with Crippen molar-refractivity contribution in [1.82, 2.24) is 15.0 Å². The smallest absolute Gasteiger partial charge is 0.293 e. The van der Waals surface area contributed by atoms with E-state index in [2.05, 4.69) is 15.0 Å². The molecule has 3 aromatic rings. The molecule has 2 aromatic carbocycles. The number of aromatic nitrogens is 3. The molecule has 2 aliphatic rings. The Morgan fingerprint density at radius 1 is 1.15 bits per heavy atom. The zero-order valence-corrected chi connectivity index (χ0v) is 18.7. The van der Waals surface area contributed by atoms with Gasteiger partial charge in [-0.3, -0.25) is 9.59 Å². The fraction of sp³-hybridized carbons (Fsp3) is 0.320. The summed E-state index contributed by atoms with van der Waals surface area (Å²) in [6, 6.07) is 13.8. The van der Waals surface area contributed by atoms with Crippen molar-refractivity contribution in [1.29, 1.82) is 0 Å². The number of likely N-dealkylation sites (N-methyl/N-ethyl adjacent to an activating group) is 1. The highest BCUT2D eigenvalue weighted by molar-refractivity contribution is 5.81. The lowest BCUT2D eigenvalue weighted by molar-refractivity contribution is -0.945. The number of quaternary nitrogens is 1. The van der Waals surface area contributed by atoms with E-state index in [1.807, 2.05) is 55.6 Å². The van der Waals surface area contributed by atoms with Crippen LogP contribution in [-0.2, 0) is 19.9 Å². The number of nitrogens with two attached hydrogens (primary N) is 1. The number of rotatable bonds is 7. The molecule has 9 nitrogen and oxygen atoms in total. The number of nitrogens with zero attached hydrogens (tertiary/aromatic N) is 4. The SMILES string of the molecule is C[N+]1(C(C(N)=O)c2ncncn2)CCCC1C(OC=O)C1(O)c2ccccc2-c2ccccc21. The molecule has 0 spiro atoms. The van der Waals surface area contributed by atoms with Gasteiger partial charge in [-0.2, -0.15) is 0 Å². The molecule has 34 heavy (non-hydrogen) atoms. The second kappa shape index (κ2) is 8.27. The van der Waals surface area contributed by atoms with Gasteiger partial charge in [0.1, 0.15) is 18.7 Å². The van der Waals surface area contributed by atoms with E-state index in [0.717, 1.165) is 17.5 Å². The van der Waals surface area contributed by atoms with Crippen LogP contribution in [0, 0.1) is 0 Å². The van der Waals surface area contributed by atoms with E-state index >= 15 is 0 Å². The molecule has 4 atom stereocenters. The topological polar surface area (TPSA) is 128 Å². The average molecular weight is 461 g/mol. The van der Waals surface area contributed by atoms with Crippen molar-refractivity contribution in [2.24, 2.45) is 5.73 Å². The number of aliphatic hydroxyl groups is 1. The summed E-state index contributed by atoms with van der Waals surface area (Å²) >= 11 is 0. The quantitative estimate of drug-likeness (QED) is 0.403. The zero-order valence-electron chi connectivity index (χ0n) is 18.7. The van der Waals surface area contributed by atoms with Gasteiger partial charge in [-0.05, 0) is 22.3 Å². The second-order valence-electron chi connectivity index (χ2n) is 9.09. The summed E-state index contributed by atoms with van der Waals surface area (Å²) in [5.74, 6) is -0.342. The van der Waals surface area contributed by atoms with Crippen molar-refractivity contribution >= 4 is 12.4 Å². The molecule has 5 rings (SSSR count). The normalized spacial score (nSPS) is 24.0. The molecule has 4 unspecified atom stereocenters. The van der Waals surface area contributed by atoms with Crippen molar-refractivity contribution in [2.45, 2.75) is 36.6 Å². The summed E-state index contributed by atoms with van der Waals surface area (Å²) in [5.41, 5.74) is 7.37. The molecule has 1 aromatic heterocycles. The highest BCUT2D eigenvalue weighted by atomic mass is 16.5. The Bertz CT molecular complexity index is 1190. The standard InChI is InChI=1S/C25H25N5O4/c1-30(21(23(26)32)24-28-13-27-14-29-24)12-6-11-20(30)22(34-15-31)25(33)18-9-4-2-7-16(18)17-8-3-5-10-19(17)25/h2-5,7-10,13-15,20-22,33H,6,11-12H2,1H3,(H-,26,32)/p+1. The van der Waals surface area contributed by atoms with Crippen LogP contribution in [0.15, 0.2) is 61.2 Å². The lowest BCUT2D eigenvalue weighted by Crippen LogP contribution is -2.63. The highest BCUT2D eigenvalue weighted by Gasteiger charge is 2.60. The van der Waals surface area contributed by atoms with Crippen LogP contribution in [0.25, 0.3) is 11.1 Å². The van der Waals surface area contributed by atoms with Crippen LogP contribution in [0.1, 0.15) is 35.8 Å². The Hall–Kier alpha value is -3.69. The van der Waals surface area contributed by atoms with Crippen molar-refractivity contribution in [3.8, 4) is 11.1 Å². The largest absolute Gasteiger partial charge is 0.454 e. The second-order valence-corrected chi connectivity index (χ2v) is 9.09. The van der Waals surface area contributed by atoms with Crippen LogP contribution in [0.4, 0.5) is 0 Å². The zero-order chi connectivity index (χ0) is 23.9. The molecule has 9 heteroatoms. The van der Waals surface area contributed by atoms with Crippen LogP contribution in [0.2, 0.25) is 0 Å². The Morgan fingerprint density at radius 2 is 1.74 bits per heavy atom. The average Bonchev–Trinajstić information content (AvgIpc) is 3.35. The fourth-order valence-corrected chi connectivity index (χ4v) is 6.03. The number of amides is 1. The van der Waals surface area contributed by atoms with E-state index < -0.39 is 29.7 Å². The van der Waals surface area contributed by atoms with E-state index in [-0.39, 0.29) is 10.3 Å². The number of primary amides is 1. The number of fused-ring (bicyclic) bond motifs is 3. The van der Waals surface area contributed by atoms with Gasteiger partial charge in [-0.25, -0.2) is 15.0 Å². The molecule has 1 aliphatic carbocycles. The lowest BCUT2D eigenvalue weighted by atomic mass is 9.80. The third kappa shape index (κ3) is 3.12. The third-order valence-electron chi connectivity index (χ3n) is 7.44. The summed E-state index contributed by atoms with van der Waals surface area (Å²) in [7, 11) is 1.88. The molecule has 3 N–H and O–H groups in total. The molecule has 174 valence electrons. The Morgan fingerprint density at radius 3 is 2.29 bits per heavy atom. The van der Waals surface area contributed by atoms with Gasteiger partial charge in [-0.1, -0.05) is 48.5 Å². The molecule has 2 heterocycles. The number of hydrogen-bond acceptors (Lipinski definition) is 7. The van der Waals surface area contributed by atoms with Gasteiger partial charge < -0.3 is 20.1 Å². The van der Waals surface area contributed by atoms with Crippen LogP contribution in [0.3, 0.4) is 0 Å². The maximum absolute atomic E-state index is 12.7. The molecular weight excluding hydrogens is 434 g/mol. The first kappa shape index (κ1) is 22.1. The van der Waals surface area contributed by atoms with Crippen LogP contribution in [-0.4, -0.2) is 62.7 Å². The molecular formula is C25H26N5O4+. The molecule has 0 radical (unpaired) electrons. The summed E-state index contributed by atoms with van der Waals surface area (Å²) in [5, 5.41) is 12.4. The maximum atomic E-state index is 12.7. The maximum Gasteiger partial charge on any atom is 0.293 e. The molecule has 0 bridgehead atoms. The van der Waals surface area contributed by atoms with Gasteiger partial charge in [-0.15, -0.1) is 0 Å². The first-order valence-electron chi connectivity index (χ1n) is 11.2.